The van der Waals surface area contributed by atoms with Gasteiger partial charge in [0, 0.05) is 22.1 Å². The molecule has 0 radical (unpaired) electrons. The quantitative estimate of drug-likeness (QED) is 0.189. The average Bonchev–Trinajstić information content (AvgIpc) is 3.43. The molecule has 0 atom stereocenters. The molecule has 1 aliphatic rings. The Morgan fingerprint density at radius 3 is 1.75 bits per heavy atom. The molecule has 8 aromatic carbocycles. The number of rotatable bonds is 4. The van der Waals surface area contributed by atoms with Gasteiger partial charge in [-0.05, 0) is 71.8 Å². The van der Waals surface area contributed by atoms with Crippen LogP contribution in [0.2, 0.25) is 0 Å². The third-order valence-electron chi connectivity index (χ3n) is 10.9. The van der Waals surface area contributed by atoms with E-state index in [1.807, 2.05) is 6.07 Å². The Labute approximate surface area is 297 Å². The van der Waals surface area contributed by atoms with Gasteiger partial charge in [-0.3, -0.25) is 0 Å². The molecule has 0 unspecified atom stereocenters. The molecule has 51 heavy (non-hydrogen) atoms. The van der Waals surface area contributed by atoms with E-state index in [0.29, 0.717) is 0 Å². The molecule has 1 heterocycles. The van der Waals surface area contributed by atoms with Gasteiger partial charge >= 0.3 is 0 Å². The highest BCUT2D eigenvalue weighted by molar-refractivity contribution is 6.11. The summed E-state index contributed by atoms with van der Waals surface area (Å²) < 4.78 is 0. The number of benzene rings is 8. The van der Waals surface area contributed by atoms with Gasteiger partial charge in [0.15, 0.2) is 5.82 Å². The maximum atomic E-state index is 5.33. The molecule has 0 bridgehead atoms. The van der Waals surface area contributed by atoms with Crippen LogP contribution in [0.3, 0.4) is 0 Å². The van der Waals surface area contributed by atoms with Crippen molar-refractivity contribution in [2.45, 2.75) is 19.3 Å². The fourth-order valence-electron chi connectivity index (χ4n) is 8.41. The minimum Gasteiger partial charge on any atom is -0.228 e. The van der Waals surface area contributed by atoms with E-state index in [4.69, 9.17) is 9.97 Å². The van der Waals surface area contributed by atoms with Gasteiger partial charge in [-0.15, -0.1) is 0 Å². The molecule has 1 aliphatic carbocycles. The van der Waals surface area contributed by atoms with Gasteiger partial charge < -0.3 is 0 Å². The number of hydrogen-bond donors (Lipinski definition) is 0. The van der Waals surface area contributed by atoms with E-state index < -0.39 is 0 Å². The fourth-order valence-corrected chi connectivity index (χ4v) is 8.41. The van der Waals surface area contributed by atoms with E-state index in [1.165, 1.54) is 60.3 Å². The first-order valence-corrected chi connectivity index (χ1v) is 17.7. The van der Waals surface area contributed by atoms with Crippen molar-refractivity contribution in [2.75, 3.05) is 0 Å². The van der Waals surface area contributed by atoms with Gasteiger partial charge in [-0.25, -0.2) is 9.97 Å². The van der Waals surface area contributed by atoms with Crippen molar-refractivity contribution >= 4 is 32.3 Å². The molecule has 0 aliphatic heterocycles. The Hall–Kier alpha value is -6.38. The Kier molecular flexibility index (Phi) is 6.56. The maximum absolute atomic E-state index is 5.33. The average molecular weight is 651 g/mol. The van der Waals surface area contributed by atoms with Gasteiger partial charge in [0.2, 0.25) is 0 Å². The van der Waals surface area contributed by atoms with Crippen LogP contribution in [0.5, 0.6) is 0 Å². The molecule has 2 heteroatoms. The van der Waals surface area contributed by atoms with E-state index >= 15 is 0 Å². The van der Waals surface area contributed by atoms with Crippen LogP contribution in [0, 0.1) is 0 Å². The van der Waals surface area contributed by atoms with E-state index in [0.717, 1.165) is 39.3 Å². The Bertz CT molecular complexity index is 2820. The Balaban J connectivity index is 1.22. The number of aromatic nitrogens is 2. The molecule has 0 spiro atoms. The highest BCUT2D eigenvalue weighted by atomic mass is 14.9. The van der Waals surface area contributed by atoms with Crippen LogP contribution < -0.4 is 0 Å². The van der Waals surface area contributed by atoms with Crippen molar-refractivity contribution in [1.82, 2.24) is 9.97 Å². The van der Waals surface area contributed by atoms with Gasteiger partial charge in [-0.2, -0.15) is 0 Å². The third-order valence-corrected chi connectivity index (χ3v) is 10.9. The molecule has 0 amide bonds. The van der Waals surface area contributed by atoms with Crippen LogP contribution in [-0.4, -0.2) is 9.97 Å². The maximum Gasteiger partial charge on any atom is 0.161 e. The van der Waals surface area contributed by atoms with E-state index in [2.05, 4.69) is 178 Å². The lowest BCUT2D eigenvalue weighted by atomic mass is 9.81. The highest BCUT2D eigenvalue weighted by Gasteiger charge is 2.38. The summed E-state index contributed by atoms with van der Waals surface area (Å²) in [5, 5.41) is 7.28. The largest absolute Gasteiger partial charge is 0.228 e. The first-order chi connectivity index (χ1) is 25.1. The predicted octanol–water partition coefficient (Wildman–Crippen LogP) is 12.9. The van der Waals surface area contributed by atoms with Crippen molar-refractivity contribution in [3.05, 3.63) is 181 Å². The van der Waals surface area contributed by atoms with Crippen molar-refractivity contribution in [2.24, 2.45) is 0 Å². The van der Waals surface area contributed by atoms with Crippen LogP contribution in [-0.2, 0) is 5.41 Å². The molecule has 0 saturated carbocycles. The van der Waals surface area contributed by atoms with Crippen molar-refractivity contribution in [1.29, 1.82) is 0 Å². The second-order valence-corrected chi connectivity index (χ2v) is 14.1. The minimum absolute atomic E-state index is 0.104. The summed E-state index contributed by atoms with van der Waals surface area (Å²) in [5.41, 5.74) is 12.9. The third kappa shape index (κ3) is 4.57. The fraction of sp³-hybridized carbons (Fsp3) is 0.0612. The minimum atomic E-state index is -0.104. The summed E-state index contributed by atoms with van der Waals surface area (Å²) in [4.78, 5) is 10.5. The number of fused-ring (bicyclic) bond motifs is 7. The first-order valence-electron chi connectivity index (χ1n) is 17.7. The molecular formula is C49H34N2. The molecule has 0 N–H and O–H groups in total. The van der Waals surface area contributed by atoms with Crippen molar-refractivity contribution in [3.8, 4) is 56.2 Å². The van der Waals surface area contributed by atoms with Crippen molar-refractivity contribution < 1.29 is 0 Å². The SMILES string of the molecule is CC1(C)c2cccc(-c3ccc(-c4cc(-c5ccccc5)nc(-c5cccc6ccccc56)n4)c4ccccc34)c2-c2c1ccc1ccccc21. The zero-order valence-electron chi connectivity index (χ0n) is 28.6. The topological polar surface area (TPSA) is 25.8 Å². The molecule has 0 fully saturated rings. The van der Waals surface area contributed by atoms with E-state index in [-0.39, 0.29) is 5.41 Å². The zero-order valence-corrected chi connectivity index (χ0v) is 28.6. The second-order valence-electron chi connectivity index (χ2n) is 14.1. The van der Waals surface area contributed by atoms with Crippen LogP contribution in [0.25, 0.3) is 88.5 Å². The molecule has 10 rings (SSSR count). The summed E-state index contributed by atoms with van der Waals surface area (Å²) in [5.74, 6) is 0.725. The van der Waals surface area contributed by atoms with Crippen LogP contribution >= 0.6 is 0 Å². The van der Waals surface area contributed by atoms with Crippen LogP contribution in [0.1, 0.15) is 25.0 Å². The monoisotopic (exact) mass is 650 g/mol. The van der Waals surface area contributed by atoms with Gasteiger partial charge in [0.05, 0.1) is 11.4 Å². The van der Waals surface area contributed by atoms with E-state index in [1.54, 1.807) is 0 Å². The molecule has 0 saturated heterocycles. The lowest BCUT2D eigenvalue weighted by molar-refractivity contribution is 0.661. The Morgan fingerprint density at radius 1 is 0.373 bits per heavy atom. The van der Waals surface area contributed by atoms with Gasteiger partial charge in [0.25, 0.3) is 0 Å². The number of nitrogens with zero attached hydrogens (tertiary/aromatic N) is 2. The summed E-state index contributed by atoms with van der Waals surface area (Å²) in [6.07, 6.45) is 0. The summed E-state index contributed by atoms with van der Waals surface area (Å²) in [6, 6.07) is 61.1. The van der Waals surface area contributed by atoms with Crippen LogP contribution in [0.4, 0.5) is 0 Å². The molecule has 9 aromatic rings. The van der Waals surface area contributed by atoms with Crippen LogP contribution in [0.15, 0.2) is 170 Å². The standard InChI is InChI=1S/C49H34N2/c1-49(2)42-25-13-23-40(47(42)46-35-20-9-7-15-32(35)26-29-43(46)49)38-27-28-39(37-22-11-10-21-36(37)38)45-30-44(33-16-4-3-5-17-33)50-48(51-45)41-24-12-18-31-14-6-8-19-34(31)41/h3-30H,1-2H3. The summed E-state index contributed by atoms with van der Waals surface area (Å²) in [7, 11) is 0. The summed E-state index contributed by atoms with van der Waals surface area (Å²) in [6.45, 7) is 4.73. The highest BCUT2D eigenvalue weighted by Crippen LogP contribution is 2.55. The van der Waals surface area contributed by atoms with Crippen molar-refractivity contribution in [3.63, 3.8) is 0 Å². The smallest absolute Gasteiger partial charge is 0.161 e. The lowest BCUT2D eigenvalue weighted by Crippen LogP contribution is -2.14. The number of hydrogen-bond acceptors (Lipinski definition) is 2. The first kappa shape index (κ1) is 29.5. The lowest BCUT2D eigenvalue weighted by Gasteiger charge is -2.22. The molecule has 1 aromatic heterocycles. The predicted molar refractivity (Wildman–Crippen MR) is 214 cm³/mol. The second kappa shape index (κ2) is 11.3. The summed E-state index contributed by atoms with van der Waals surface area (Å²) >= 11 is 0. The normalized spacial score (nSPS) is 13.1. The molecule has 240 valence electrons. The van der Waals surface area contributed by atoms with E-state index in [9.17, 15) is 0 Å². The Morgan fingerprint density at radius 2 is 0.941 bits per heavy atom. The van der Waals surface area contributed by atoms with Gasteiger partial charge in [-0.1, -0.05) is 178 Å². The molecular weight excluding hydrogens is 617 g/mol. The zero-order chi connectivity index (χ0) is 34.1. The van der Waals surface area contributed by atoms with Gasteiger partial charge in [0.1, 0.15) is 0 Å². The molecule has 2 nitrogen and oxygen atoms in total.